The first-order valence-electron chi connectivity index (χ1n) is 6.96. The summed E-state index contributed by atoms with van der Waals surface area (Å²) in [4.78, 5) is 14.5. The molecule has 0 aliphatic carbocycles. The molecule has 122 valence electrons. The number of carbonyl (C=O) groups is 1. The van der Waals surface area contributed by atoms with Crippen molar-refractivity contribution in [1.29, 1.82) is 0 Å². The van der Waals surface area contributed by atoms with Crippen molar-refractivity contribution >= 4 is 28.9 Å². The highest BCUT2D eigenvalue weighted by atomic mass is 35.5. The van der Waals surface area contributed by atoms with E-state index in [1.807, 2.05) is 25.1 Å². The lowest BCUT2D eigenvalue weighted by atomic mass is 10.1. The zero-order valence-corrected chi connectivity index (χ0v) is 14.3. The molecule has 1 N–H and O–H groups in total. The molecule has 0 aliphatic heterocycles. The van der Waals surface area contributed by atoms with Crippen molar-refractivity contribution in [3.05, 3.63) is 47.0 Å². The molecule has 0 heterocycles. The Kier molecular flexibility index (Phi) is 5.34. The van der Waals surface area contributed by atoms with Crippen LogP contribution >= 0.6 is 11.6 Å². The Morgan fingerprint density at radius 3 is 2.43 bits per heavy atom. The van der Waals surface area contributed by atoms with Crippen LogP contribution in [-0.2, 0) is 0 Å². The van der Waals surface area contributed by atoms with Crippen molar-refractivity contribution in [1.82, 2.24) is 0 Å². The minimum Gasteiger partial charge on any atom is -0.497 e. The van der Waals surface area contributed by atoms with E-state index in [1.54, 1.807) is 37.4 Å². The van der Waals surface area contributed by atoms with Crippen LogP contribution in [0.2, 0.25) is 5.02 Å². The topological polar surface area (TPSA) is 50.8 Å². The van der Waals surface area contributed by atoms with Crippen molar-refractivity contribution in [3.63, 3.8) is 0 Å². The van der Waals surface area contributed by atoms with Gasteiger partial charge in [-0.05, 0) is 36.4 Å². The fourth-order valence-electron chi connectivity index (χ4n) is 2.18. The van der Waals surface area contributed by atoms with Crippen LogP contribution in [-0.4, -0.2) is 34.2 Å². The highest BCUT2D eigenvalue weighted by Crippen LogP contribution is 2.30. The monoisotopic (exact) mass is 334 g/mol. The summed E-state index contributed by atoms with van der Waals surface area (Å²) >= 11 is 6.04. The Labute approximate surface area is 140 Å². The number of nitrogens with one attached hydrogen (secondary N) is 1. The molecule has 0 radical (unpaired) electrons. The lowest BCUT2D eigenvalue weighted by molar-refractivity contribution is 0.102. The van der Waals surface area contributed by atoms with E-state index in [2.05, 4.69) is 5.32 Å². The molecule has 0 saturated heterocycles. The van der Waals surface area contributed by atoms with E-state index < -0.39 is 0 Å². The van der Waals surface area contributed by atoms with Crippen LogP contribution in [0.4, 0.5) is 11.4 Å². The first-order chi connectivity index (χ1) is 11.0. The smallest absolute Gasteiger partial charge is 0.259 e. The molecule has 2 aromatic carbocycles. The third kappa shape index (κ3) is 3.87. The largest absolute Gasteiger partial charge is 0.497 e. The molecule has 0 unspecified atom stereocenters. The van der Waals surface area contributed by atoms with Gasteiger partial charge in [0.1, 0.15) is 11.5 Å². The van der Waals surface area contributed by atoms with Crippen molar-refractivity contribution < 1.29 is 14.3 Å². The van der Waals surface area contributed by atoms with Crippen LogP contribution in [0.3, 0.4) is 0 Å². The van der Waals surface area contributed by atoms with Gasteiger partial charge in [0.25, 0.3) is 5.91 Å². The second-order valence-corrected chi connectivity index (χ2v) is 5.51. The maximum absolute atomic E-state index is 12.6. The van der Waals surface area contributed by atoms with Crippen molar-refractivity contribution in [3.8, 4) is 11.5 Å². The second-order valence-electron chi connectivity index (χ2n) is 5.08. The summed E-state index contributed by atoms with van der Waals surface area (Å²) in [7, 11) is 6.85. The molecule has 6 heteroatoms. The molecule has 0 bridgehead atoms. The second kappa shape index (κ2) is 7.24. The fraction of sp³-hybridized carbons (Fsp3) is 0.235. The molecule has 5 nitrogen and oxygen atoms in total. The third-order valence-corrected chi connectivity index (χ3v) is 3.57. The molecule has 2 rings (SSSR count). The number of nitrogens with zero attached hydrogens (tertiary/aromatic N) is 1. The molecule has 0 aromatic heterocycles. The molecular weight excluding hydrogens is 316 g/mol. The van der Waals surface area contributed by atoms with E-state index in [-0.39, 0.29) is 5.91 Å². The van der Waals surface area contributed by atoms with Crippen LogP contribution in [0, 0.1) is 0 Å². The third-order valence-electron chi connectivity index (χ3n) is 3.34. The zero-order valence-electron chi connectivity index (χ0n) is 13.5. The van der Waals surface area contributed by atoms with E-state index in [0.717, 1.165) is 5.69 Å². The van der Waals surface area contributed by atoms with Gasteiger partial charge in [-0.25, -0.2) is 0 Å². The van der Waals surface area contributed by atoms with E-state index in [1.165, 1.54) is 7.11 Å². The van der Waals surface area contributed by atoms with E-state index >= 15 is 0 Å². The van der Waals surface area contributed by atoms with E-state index in [4.69, 9.17) is 21.1 Å². The van der Waals surface area contributed by atoms with Gasteiger partial charge in [0.15, 0.2) is 0 Å². The predicted octanol–water partition coefficient (Wildman–Crippen LogP) is 3.68. The lowest BCUT2D eigenvalue weighted by Gasteiger charge is -2.19. The summed E-state index contributed by atoms with van der Waals surface area (Å²) in [6, 6.07) is 10.4. The summed E-state index contributed by atoms with van der Waals surface area (Å²) in [5, 5.41) is 3.42. The number of carbonyl (C=O) groups excluding carboxylic acids is 1. The molecule has 0 aliphatic rings. The normalized spacial score (nSPS) is 10.1. The van der Waals surface area contributed by atoms with Crippen LogP contribution in [0.1, 0.15) is 10.4 Å². The number of halogens is 1. The SMILES string of the molecule is COc1ccc(OC)c(C(=O)Nc2cc(Cl)ccc2N(C)C)c1. The first-order valence-corrected chi connectivity index (χ1v) is 7.34. The number of amides is 1. The molecule has 2 aromatic rings. The number of anilines is 2. The highest BCUT2D eigenvalue weighted by Gasteiger charge is 2.16. The maximum Gasteiger partial charge on any atom is 0.259 e. The van der Waals surface area contributed by atoms with E-state index in [9.17, 15) is 4.79 Å². The van der Waals surface area contributed by atoms with E-state index in [0.29, 0.717) is 27.8 Å². The molecule has 0 spiro atoms. The minimum atomic E-state index is -0.300. The van der Waals surface area contributed by atoms with Crippen molar-refractivity contribution in [2.75, 3.05) is 38.5 Å². The number of hydrogen-bond acceptors (Lipinski definition) is 4. The molecule has 23 heavy (non-hydrogen) atoms. The highest BCUT2D eigenvalue weighted by molar-refractivity contribution is 6.31. The number of rotatable bonds is 5. The van der Waals surface area contributed by atoms with Gasteiger partial charge < -0.3 is 19.7 Å². The first kappa shape index (κ1) is 17.0. The zero-order chi connectivity index (χ0) is 17.0. The van der Waals surface area contributed by atoms with Gasteiger partial charge in [-0.1, -0.05) is 11.6 Å². The minimum absolute atomic E-state index is 0.300. The van der Waals surface area contributed by atoms with Gasteiger partial charge in [-0.2, -0.15) is 0 Å². The van der Waals surface area contributed by atoms with Gasteiger partial charge in [0.2, 0.25) is 0 Å². The van der Waals surface area contributed by atoms with Crippen molar-refractivity contribution in [2.24, 2.45) is 0 Å². The van der Waals surface area contributed by atoms with Crippen molar-refractivity contribution in [2.45, 2.75) is 0 Å². The fourth-order valence-corrected chi connectivity index (χ4v) is 2.35. The molecular formula is C17H19ClN2O3. The lowest BCUT2D eigenvalue weighted by Crippen LogP contribution is -2.17. The average molecular weight is 335 g/mol. The quantitative estimate of drug-likeness (QED) is 0.906. The number of ether oxygens (including phenoxy) is 2. The Morgan fingerprint density at radius 1 is 1.09 bits per heavy atom. The molecule has 1 amide bonds. The average Bonchev–Trinajstić information content (AvgIpc) is 2.53. The Balaban J connectivity index is 2.38. The molecule has 0 saturated carbocycles. The number of benzene rings is 2. The van der Waals surface area contributed by atoms with Gasteiger partial charge >= 0.3 is 0 Å². The van der Waals surface area contributed by atoms with Gasteiger partial charge in [0.05, 0.1) is 31.2 Å². The Bertz CT molecular complexity index is 717. The number of hydrogen-bond donors (Lipinski definition) is 1. The summed E-state index contributed by atoms with van der Waals surface area (Å²) in [5.74, 6) is 0.748. The Morgan fingerprint density at radius 2 is 1.83 bits per heavy atom. The van der Waals surface area contributed by atoms with Crippen LogP contribution in [0.5, 0.6) is 11.5 Å². The van der Waals surface area contributed by atoms with Crippen LogP contribution in [0.15, 0.2) is 36.4 Å². The number of methoxy groups -OCH3 is 2. The summed E-state index contributed by atoms with van der Waals surface area (Å²) in [6.45, 7) is 0. The standard InChI is InChI=1S/C17H19ClN2O3/c1-20(2)15-7-5-11(18)9-14(15)19-17(21)13-10-12(22-3)6-8-16(13)23-4/h5-10H,1-4H3,(H,19,21). The van der Waals surface area contributed by atoms with Gasteiger partial charge in [-0.3, -0.25) is 4.79 Å². The summed E-state index contributed by atoms with van der Waals surface area (Å²) < 4.78 is 10.4. The van der Waals surface area contributed by atoms with Crippen LogP contribution in [0.25, 0.3) is 0 Å². The summed E-state index contributed by atoms with van der Waals surface area (Å²) in [5.41, 5.74) is 1.86. The van der Waals surface area contributed by atoms with Gasteiger partial charge in [-0.15, -0.1) is 0 Å². The maximum atomic E-state index is 12.6. The Hall–Kier alpha value is -2.40. The van der Waals surface area contributed by atoms with Crippen LogP contribution < -0.4 is 19.7 Å². The molecule has 0 atom stereocenters. The van der Waals surface area contributed by atoms with Gasteiger partial charge in [0, 0.05) is 19.1 Å². The summed E-state index contributed by atoms with van der Waals surface area (Å²) in [6.07, 6.45) is 0. The predicted molar refractivity (Wildman–Crippen MR) is 93.3 cm³/mol. The molecule has 0 fully saturated rings.